The van der Waals surface area contributed by atoms with Crippen molar-refractivity contribution in [2.45, 2.75) is 6.54 Å². The number of nitrogens with zero attached hydrogens (tertiary/aromatic N) is 1. The van der Waals surface area contributed by atoms with Crippen LogP contribution >= 0.6 is 0 Å². The number of carbonyl (C=O) groups excluding carboxylic acids is 1. The van der Waals surface area contributed by atoms with Gasteiger partial charge in [0.2, 0.25) is 0 Å². The van der Waals surface area contributed by atoms with Crippen LogP contribution in [0.1, 0.15) is 15.9 Å². The molecule has 0 unspecified atom stereocenters. The zero-order chi connectivity index (χ0) is 12.5. The predicted octanol–water partition coefficient (Wildman–Crippen LogP) is 1.85. The summed E-state index contributed by atoms with van der Waals surface area (Å²) in [6.07, 6.45) is 1.68. The number of hydrogen-bond acceptors (Lipinski definition) is 4. The van der Waals surface area contributed by atoms with Gasteiger partial charge in [-0.3, -0.25) is 4.79 Å². The van der Waals surface area contributed by atoms with Gasteiger partial charge in [-0.2, -0.15) is 0 Å². The molecule has 0 aliphatic carbocycles. The third-order valence-corrected chi connectivity index (χ3v) is 2.87. The lowest BCUT2D eigenvalue weighted by molar-refractivity contribution is 0.102. The molecule has 1 amide bonds. The molecule has 0 bridgehead atoms. The Kier molecular flexibility index (Phi) is 2.46. The zero-order valence-corrected chi connectivity index (χ0v) is 9.60. The quantitative estimate of drug-likeness (QED) is 0.710. The van der Waals surface area contributed by atoms with Crippen molar-refractivity contribution in [2.75, 3.05) is 10.6 Å². The van der Waals surface area contributed by atoms with Gasteiger partial charge in [0.25, 0.3) is 5.91 Å². The van der Waals surface area contributed by atoms with E-state index in [0.717, 1.165) is 11.3 Å². The largest absolute Gasteiger partial charge is 0.338 e. The first kappa shape index (κ1) is 10.7. The number of carbonyl (C=O) groups is 1. The molecule has 1 aliphatic rings. The molecular weight excluding hydrogens is 228 g/mol. The fraction of sp³-hybridized carbons (Fsp3) is 0.0769. The van der Waals surface area contributed by atoms with Gasteiger partial charge in [-0.15, -0.1) is 0 Å². The number of hydrogen-bond donors (Lipinski definition) is 3. The highest BCUT2D eigenvalue weighted by Gasteiger charge is 2.19. The highest BCUT2D eigenvalue weighted by Crippen LogP contribution is 2.30. The van der Waals surface area contributed by atoms with Crippen LogP contribution in [0.4, 0.5) is 17.2 Å². The van der Waals surface area contributed by atoms with E-state index in [1.54, 1.807) is 18.3 Å². The monoisotopic (exact) mass is 240 g/mol. The summed E-state index contributed by atoms with van der Waals surface area (Å²) in [5, 5.41) is 5.97. The maximum Gasteiger partial charge on any atom is 0.257 e. The van der Waals surface area contributed by atoms with Crippen molar-refractivity contribution in [3.8, 4) is 0 Å². The minimum atomic E-state index is -0.153. The Bertz CT molecular complexity index is 624. The normalized spacial score (nSPS) is 12.8. The van der Waals surface area contributed by atoms with Crippen LogP contribution in [0.2, 0.25) is 0 Å². The van der Waals surface area contributed by atoms with E-state index in [9.17, 15) is 4.79 Å². The fourth-order valence-electron chi connectivity index (χ4n) is 1.94. The van der Waals surface area contributed by atoms with Gasteiger partial charge in [0.15, 0.2) is 5.82 Å². The summed E-state index contributed by atoms with van der Waals surface area (Å²) in [5.41, 5.74) is 8.50. The van der Waals surface area contributed by atoms with E-state index in [1.807, 2.05) is 18.2 Å². The molecule has 2 aromatic rings. The van der Waals surface area contributed by atoms with Crippen molar-refractivity contribution in [1.29, 1.82) is 0 Å². The number of pyridine rings is 1. The molecule has 4 N–H and O–H groups in total. The van der Waals surface area contributed by atoms with Gasteiger partial charge >= 0.3 is 0 Å². The second-order valence-corrected chi connectivity index (χ2v) is 4.06. The van der Waals surface area contributed by atoms with E-state index in [1.165, 1.54) is 0 Å². The lowest BCUT2D eigenvalue weighted by Gasteiger charge is -2.07. The standard InChI is InChI=1S/C13H12N4O/c14-7-8-3-4-10-9(6-8)13(18)17-11-2-1-5-15-12(11)16-10/h1-6H,7,14H2,(H,15,16)(H,17,18). The van der Waals surface area contributed by atoms with Crippen molar-refractivity contribution in [2.24, 2.45) is 5.73 Å². The SMILES string of the molecule is NCc1ccc2c(c1)C(=O)Nc1cccnc1N2. The zero-order valence-electron chi connectivity index (χ0n) is 9.60. The Balaban J connectivity index is 2.13. The molecule has 1 aliphatic heterocycles. The molecule has 1 aromatic carbocycles. The van der Waals surface area contributed by atoms with Gasteiger partial charge in [-0.05, 0) is 29.8 Å². The van der Waals surface area contributed by atoms with Crippen molar-refractivity contribution in [3.05, 3.63) is 47.7 Å². The van der Waals surface area contributed by atoms with Crippen LogP contribution < -0.4 is 16.4 Å². The highest BCUT2D eigenvalue weighted by atomic mass is 16.1. The third-order valence-electron chi connectivity index (χ3n) is 2.87. The van der Waals surface area contributed by atoms with Crippen molar-refractivity contribution in [1.82, 2.24) is 4.98 Å². The Morgan fingerprint density at radius 3 is 2.89 bits per heavy atom. The number of benzene rings is 1. The topological polar surface area (TPSA) is 80.0 Å². The smallest absolute Gasteiger partial charge is 0.257 e. The van der Waals surface area contributed by atoms with Crippen LogP contribution in [0.5, 0.6) is 0 Å². The average molecular weight is 240 g/mol. The lowest BCUT2D eigenvalue weighted by Crippen LogP contribution is -2.11. The van der Waals surface area contributed by atoms with Crippen LogP contribution in [0.25, 0.3) is 0 Å². The molecule has 0 saturated carbocycles. The lowest BCUT2D eigenvalue weighted by atomic mass is 10.1. The van der Waals surface area contributed by atoms with Crippen LogP contribution in [-0.4, -0.2) is 10.9 Å². The predicted molar refractivity (Wildman–Crippen MR) is 69.8 cm³/mol. The first-order valence-electron chi connectivity index (χ1n) is 5.64. The highest BCUT2D eigenvalue weighted by molar-refractivity contribution is 6.11. The second kappa shape index (κ2) is 4.12. The average Bonchev–Trinajstić information content (AvgIpc) is 2.54. The van der Waals surface area contributed by atoms with Crippen LogP contribution in [0.3, 0.4) is 0 Å². The summed E-state index contributed by atoms with van der Waals surface area (Å²) in [6, 6.07) is 9.13. The number of aromatic nitrogens is 1. The molecule has 0 atom stereocenters. The molecule has 2 heterocycles. The number of amides is 1. The van der Waals surface area contributed by atoms with E-state index in [4.69, 9.17) is 5.73 Å². The summed E-state index contributed by atoms with van der Waals surface area (Å²) in [5.74, 6) is 0.490. The van der Waals surface area contributed by atoms with E-state index in [2.05, 4.69) is 15.6 Å². The summed E-state index contributed by atoms with van der Waals surface area (Å²) >= 11 is 0. The van der Waals surface area contributed by atoms with E-state index in [-0.39, 0.29) is 5.91 Å². The molecule has 3 rings (SSSR count). The molecule has 1 aromatic heterocycles. The Labute approximate surface area is 104 Å². The van der Waals surface area contributed by atoms with E-state index < -0.39 is 0 Å². The molecule has 5 nitrogen and oxygen atoms in total. The van der Waals surface area contributed by atoms with Gasteiger partial charge < -0.3 is 16.4 Å². The minimum absolute atomic E-state index is 0.153. The van der Waals surface area contributed by atoms with Crippen LogP contribution in [-0.2, 0) is 6.54 Å². The van der Waals surface area contributed by atoms with Gasteiger partial charge in [0.1, 0.15) is 0 Å². The Hall–Kier alpha value is -2.40. The summed E-state index contributed by atoms with van der Waals surface area (Å²) in [4.78, 5) is 16.3. The van der Waals surface area contributed by atoms with Crippen molar-refractivity contribution in [3.63, 3.8) is 0 Å². The number of anilines is 3. The van der Waals surface area contributed by atoms with Gasteiger partial charge in [-0.25, -0.2) is 4.98 Å². The second-order valence-electron chi connectivity index (χ2n) is 4.06. The number of rotatable bonds is 1. The number of nitrogens with two attached hydrogens (primary N) is 1. The van der Waals surface area contributed by atoms with E-state index in [0.29, 0.717) is 23.6 Å². The molecular formula is C13H12N4O. The summed E-state index contributed by atoms with van der Waals surface area (Å²) < 4.78 is 0. The van der Waals surface area contributed by atoms with E-state index >= 15 is 0 Å². The maximum absolute atomic E-state index is 12.1. The number of fused-ring (bicyclic) bond motifs is 2. The van der Waals surface area contributed by atoms with Gasteiger partial charge in [-0.1, -0.05) is 6.07 Å². The maximum atomic E-state index is 12.1. The molecule has 18 heavy (non-hydrogen) atoms. The minimum Gasteiger partial charge on any atom is -0.338 e. The first-order valence-corrected chi connectivity index (χ1v) is 5.64. The van der Waals surface area contributed by atoms with Gasteiger partial charge in [0, 0.05) is 12.7 Å². The first-order chi connectivity index (χ1) is 8.78. The Morgan fingerprint density at radius 1 is 1.17 bits per heavy atom. The van der Waals surface area contributed by atoms with Gasteiger partial charge in [0.05, 0.1) is 16.9 Å². The molecule has 0 saturated heterocycles. The molecule has 0 fully saturated rings. The fourth-order valence-corrected chi connectivity index (χ4v) is 1.94. The summed E-state index contributed by atoms with van der Waals surface area (Å²) in [7, 11) is 0. The molecule has 90 valence electrons. The molecule has 5 heteroatoms. The number of nitrogens with one attached hydrogen (secondary N) is 2. The van der Waals surface area contributed by atoms with Crippen LogP contribution in [0.15, 0.2) is 36.5 Å². The van der Waals surface area contributed by atoms with Crippen LogP contribution in [0, 0.1) is 0 Å². The molecule has 0 radical (unpaired) electrons. The summed E-state index contributed by atoms with van der Waals surface area (Å²) in [6.45, 7) is 0.408. The molecule has 0 spiro atoms. The van der Waals surface area contributed by atoms with Crippen molar-refractivity contribution >= 4 is 23.1 Å². The third kappa shape index (κ3) is 1.70. The van der Waals surface area contributed by atoms with Crippen molar-refractivity contribution < 1.29 is 4.79 Å². The Morgan fingerprint density at radius 2 is 2.06 bits per heavy atom.